The Balaban J connectivity index is 2.75. The third-order valence-electron chi connectivity index (χ3n) is 4.40. The zero-order valence-corrected chi connectivity index (χ0v) is 14.9. The van der Waals surface area contributed by atoms with Gasteiger partial charge in [-0.15, -0.1) is 0 Å². The molecule has 8 atom stereocenters. The van der Waals surface area contributed by atoms with Gasteiger partial charge in [0.05, 0.1) is 24.9 Å². The van der Waals surface area contributed by atoms with Gasteiger partial charge in [-0.3, -0.25) is 4.79 Å². The van der Waals surface area contributed by atoms with Gasteiger partial charge in [-0.05, 0) is 12.8 Å². The van der Waals surface area contributed by atoms with Gasteiger partial charge in [0.25, 0.3) is 0 Å². The van der Waals surface area contributed by atoms with Crippen LogP contribution in [0.25, 0.3) is 0 Å². The molecule has 1 heterocycles. The lowest BCUT2D eigenvalue weighted by molar-refractivity contribution is -0.299. The second-order valence-electron chi connectivity index (χ2n) is 6.25. The van der Waals surface area contributed by atoms with Crippen LogP contribution in [0.3, 0.4) is 0 Å². The van der Waals surface area contributed by atoms with E-state index >= 15 is 0 Å². The molecule has 1 rings (SSSR count). The minimum absolute atomic E-state index is 0.191. The van der Waals surface area contributed by atoms with Crippen molar-refractivity contribution < 1.29 is 39.8 Å². The second kappa shape index (κ2) is 10.4. The summed E-state index contributed by atoms with van der Waals surface area (Å²) < 4.78 is 10.9. The van der Waals surface area contributed by atoms with E-state index in [1.54, 1.807) is 20.8 Å². The molecule has 0 spiro atoms. The number of ether oxygens (including phenoxy) is 2. The van der Waals surface area contributed by atoms with Crippen LogP contribution < -0.4 is 5.32 Å². The number of carbonyl (C=O) groups is 1. The third kappa shape index (κ3) is 5.85. The summed E-state index contributed by atoms with van der Waals surface area (Å²) in [7, 11) is 0. The molecule has 2 unspecified atom stereocenters. The number of aliphatic hydroxyl groups excluding tert-OH is 5. The number of hydrogen-bond donors (Lipinski definition) is 6. The Hall–Kier alpha value is -0.810. The van der Waals surface area contributed by atoms with Crippen molar-refractivity contribution >= 4 is 5.91 Å². The molecule has 148 valence electrons. The van der Waals surface area contributed by atoms with Crippen molar-refractivity contribution in [2.75, 3.05) is 6.61 Å². The summed E-state index contributed by atoms with van der Waals surface area (Å²) >= 11 is 0. The predicted octanol–water partition coefficient (Wildman–Crippen LogP) is -1.75. The minimum atomic E-state index is -1.48. The normalized spacial score (nSPS) is 33.5. The molecule has 1 saturated heterocycles. The van der Waals surface area contributed by atoms with E-state index in [4.69, 9.17) is 9.47 Å². The fourth-order valence-electron chi connectivity index (χ4n) is 2.63. The minimum Gasteiger partial charge on any atom is -0.390 e. The maximum Gasteiger partial charge on any atom is 0.220 e. The molecule has 1 aliphatic rings. The summed E-state index contributed by atoms with van der Waals surface area (Å²) in [6.45, 7) is 4.84. The van der Waals surface area contributed by atoms with E-state index in [-0.39, 0.29) is 25.4 Å². The van der Waals surface area contributed by atoms with Crippen molar-refractivity contribution in [2.24, 2.45) is 0 Å². The molecule has 0 aromatic rings. The van der Waals surface area contributed by atoms with Crippen LogP contribution in [0.15, 0.2) is 0 Å². The van der Waals surface area contributed by atoms with Crippen molar-refractivity contribution in [3.05, 3.63) is 0 Å². The van der Waals surface area contributed by atoms with E-state index in [0.29, 0.717) is 6.42 Å². The number of carbonyl (C=O) groups excluding carboxylic acids is 1. The molecular weight excluding hydrogens is 334 g/mol. The summed E-state index contributed by atoms with van der Waals surface area (Å²) in [5, 5.41) is 52.3. The predicted molar refractivity (Wildman–Crippen MR) is 87.5 cm³/mol. The van der Waals surface area contributed by atoms with Crippen molar-refractivity contribution in [1.29, 1.82) is 0 Å². The van der Waals surface area contributed by atoms with Gasteiger partial charge in [-0.2, -0.15) is 0 Å². The molecule has 0 saturated carbocycles. The maximum absolute atomic E-state index is 11.6. The van der Waals surface area contributed by atoms with Crippen LogP contribution in [0.4, 0.5) is 0 Å². The number of nitrogens with one attached hydrogen (secondary N) is 1. The Labute approximate surface area is 147 Å². The highest BCUT2D eigenvalue weighted by Gasteiger charge is 2.44. The van der Waals surface area contributed by atoms with Crippen molar-refractivity contribution in [3.8, 4) is 0 Å². The second-order valence-corrected chi connectivity index (χ2v) is 6.25. The standard InChI is InChI=1S/C16H31NO8/c1-4-9(18)12(20)8(17-11(19)6-3)7-24-16-15(23)14(22)13(21)10(5-2)25-16/h8-10,12-16,18,20-23H,4-7H2,1-3H3,(H,17,19)/t8-,9+,10?,12-,13-,14-,15?,16-/m0/s1. The van der Waals surface area contributed by atoms with Crippen LogP contribution in [0, 0.1) is 0 Å². The fourth-order valence-corrected chi connectivity index (χ4v) is 2.63. The number of hydrogen-bond acceptors (Lipinski definition) is 8. The lowest BCUT2D eigenvalue weighted by Crippen LogP contribution is -2.59. The lowest BCUT2D eigenvalue weighted by atomic mass is 9.97. The summed E-state index contributed by atoms with van der Waals surface area (Å²) in [5.41, 5.74) is 0. The van der Waals surface area contributed by atoms with Gasteiger partial charge in [0, 0.05) is 6.42 Å². The Morgan fingerprint density at radius 3 is 2.28 bits per heavy atom. The van der Waals surface area contributed by atoms with E-state index in [1.165, 1.54) is 0 Å². The van der Waals surface area contributed by atoms with Crippen molar-refractivity contribution in [2.45, 2.75) is 89.0 Å². The van der Waals surface area contributed by atoms with Gasteiger partial charge in [-0.25, -0.2) is 0 Å². The SMILES string of the molecule is CCC(=O)N[C@@H](CO[C@H]1OC(CC)[C@H](O)[C@H](O)C1O)[C@H](O)[C@H](O)CC. The number of amides is 1. The van der Waals surface area contributed by atoms with Crippen LogP contribution in [-0.2, 0) is 14.3 Å². The first-order valence-electron chi connectivity index (χ1n) is 8.73. The monoisotopic (exact) mass is 365 g/mol. The molecule has 9 heteroatoms. The molecule has 0 aromatic heterocycles. The molecule has 0 radical (unpaired) electrons. The smallest absolute Gasteiger partial charge is 0.220 e. The Morgan fingerprint density at radius 1 is 1.12 bits per heavy atom. The molecule has 1 amide bonds. The molecule has 25 heavy (non-hydrogen) atoms. The van der Waals surface area contributed by atoms with Gasteiger partial charge >= 0.3 is 0 Å². The Bertz CT molecular complexity index is 408. The summed E-state index contributed by atoms with van der Waals surface area (Å²) in [4.78, 5) is 11.6. The lowest BCUT2D eigenvalue weighted by Gasteiger charge is -2.40. The van der Waals surface area contributed by atoms with Gasteiger partial charge in [0.1, 0.15) is 24.4 Å². The first-order valence-corrected chi connectivity index (χ1v) is 8.73. The van der Waals surface area contributed by atoms with Crippen LogP contribution in [-0.4, -0.2) is 87.0 Å². The number of aliphatic hydroxyl groups is 5. The maximum atomic E-state index is 11.6. The first-order chi connectivity index (χ1) is 11.8. The van der Waals surface area contributed by atoms with Crippen LogP contribution >= 0.6 is 0 Å². The van der Waals surface area contributed by atoms with E-state index < -0.39 is 49.0 Å². The average Bonchev–Trinajstić information content (AvgIpc) is 2.62. The van der Waals surface area contributed by atoms with E-state index in [9.17, 15) is 30.3 Å². The van der Waals surface area contributed by atoms with Gasteiger partial charge in [0.2, 0.25) is 5.91 Å². The molecule has 6 N–H and O–H groups in total. The van der Waals surface area contributed by atoms with Gasteiger partial charge < -0.3 is 40.3 Å². The molecule has 0 aromatic carbocycles. The molecule has 1 fully saturated rings. The number of rotatable bonds is 9. The quantitative estimate of drug-likeness (QED) is 0.282. The summed E-state index contributed by atoms with van der Waals surface area (Å²) in [6.07, 6.45) is -7.53. The Kier molecular flexibility index (Phi) is 9.22. The zero-order valence-electron chi connectivity index (χ0n) is 14.9. The van der Waals surface area contributed by atoms with Crippen molar-refractivity contribution in [1.82, 2.24) is 5.32 Å². The van der Waals surface area contributed by atoms with E-state index in [2.05, 4.69) is 5.32 Å². The highest BCUT2D eigenvalue weighted by molar-refractivity contribution is 5.75. The molecular formula is C16H31NO8. The topological polar surface area (TPSA) is 149 Å². The molecule has 1 aliphatic heterocycles. The third-order valence-corrected chi connectivity index (χ3v) is 4.40. The first kappa shape index (κ1) is 22.2. The highest BCUT2D eigenvalue weighted by Crippen LogP contribution is 2.24. The van der Waals surface area contributed by atoms with Gasteiger partial charge in [-0.1, -0.05) is 20.8 Å². The van der Waals surface area contributed by atoms with Crippen molar-refractivity contribution in [3.63, 3.8) is 0 Å². The molecule has 0 bridgehead atoms. The van der Waals surface area contributed by atoms with Crippen LogP contribution in [0.2, 0.25) is 0 Å². The molecule has 0 aliphatic carbocycles. The summed E-state index contributed by atoms with van der Waals surface area (Å²) in [6, 6.07) is -0.915. The summed E-state index contributed by atoms with van der Waals surface area (Å²) in [5.74, 6) is -0.331. The Morgan fingerprint density at radius 2 is 1.76 bits per heavy atom. The van der Waals surface area contributed by atoms with Gasteiger partial charge in [0.15, 0.2) is 6.29 Å². The largest absolute Gasteiger partial charge is 0.390 e. The average molecular weight is 365 g/mol. The van der Waals surface area contributed by atoms with E-state index in [0.717, 1.165) is 0 Å². The van der Waals surface area contributed by atoms with E-state index in [1.807, 2.05) is 0 Å². The van der Waals surface area contributed by atoms with Crippen LogP contribution in [0.5, 0.6) is 0 Å². The van der Waals surface area contributed by atoms with Crippen LogP contribution in [0.1, 0.15) is 40.0 Å². The fraction of sp³-hybridized carbons (Fsp3) is 0.938. The zero-order chi connectivity index (χ0) is 19.1. The molecule has 9 nitrogen and oxygen atoms in total. The highest BCUT2D eigenvalue weighted by atomic mass is 16.7.